The number of benzene rings is 1. The largest absolute Gasteiger partial charge is 0.317 e. The Labute approximate surface area is 106 Å². The van der Waals surface area contributed by atoms with Gasteiger partial charge in [0.05, 0.1) is 4.47 Å². The second kappa shape index (κ2) is 6.36. The molecule has 3 heteroatoms. The van der Waals surface area contributed by atoms with Gasteiger partial charge in [-0.05, 0) is 53.9 Å². The van der Waals surface area contributed by atoms with Gasteiger partial charge in [-0.1, -0.05) is 25.5 Å². The zero-order chi connectivity index (χ0) is 12.1. The van der Waals surface area contributed by atoms with Crippen molar-refractivity contribution >= 4 is 15.9 Å². The SMILES string of the molecule is CCC(Cc1cccc(F)c1Br)C(C)NC. The van der Waals surface area contributed by atoms with Crippen LogP contribution in [-0.4, -0.2) is 13.1 Å². The van der Waals surface area contributed by atoms with Crippen LogP contribution in [0.15, 0.2) is 22.7 Å². The highest BCUT2D eigenvalue weighted by Crippen LogP contribution is 2.25. The van der Waals surface area contributed by atoms with Gasteiger partial charge in [0.1, 0.15) is 5.82 Å². The Kier molecular flexibility index (Phi) is 5.42. The van der Waals surface area contributed by atoms with E-state index in [9.17, 15) is 4.39 Å². The molecular weight excluding hydrogens is 269 g/mol. The highest BCUT2D eigenvalue weighted by Gasteiger charge is 2.16. The minimum atomic E-state index is -0.176. The summed E-state index contributed by atoms with van der Waals surface area (Å²) in [4.78, 5) is 0. The Balaban J connectivity index is 2.82. The van der Waals surface area contributed by atoms with E-state index in [1.54, 1.807) is 6.07 Å². The van der Waals surface area contributed by atoms with E-state index in [2.05, 4.69) is 35.1 Å². The molecule has 0 saturated carbocycles. The predicted molar refractivity (Wildman–Crippen MR) is 70.1 cm³/mol. The van der Waals surface area contributed by atoms with Crippen LogP contribution in [0, 0.1) is 11.7 Å². The van der Waals surface area contributed by atoms with Crippen molar-refractivity contribution in [2.75, 3.05) is 7.05 Å². The van der Waals surface area contributed by atoms with Gasteiger partial charge in [0.25, 0.3) is 0 Å². The molecule has 1 rings (SSSR count). The molecule has 0 radical (unpaired) electrons. The number of halogens is 2. The molecule has 1 aromatic carbocycles. The van der Waals surface area contributed by atoms with Gasteiger partial charge in [-0.2, -0.15) is 0 Å². The maximum Gasteiger partial charge on any atom is 0.137 e. The van der Waals surface area contributed by atoms with Crippen molar-refractivity contribution in [1.82, 2.24) is 5.32 Å². The third-order valence-corrected chi connectivity index (χ3v) is 4.09. The Morgan fingerprint density at radius 2 is 2.12 bits per heavy atom. The van der Waals surface area contributed by atoms with E-state index in [0.717, 1.165) is 18.4 Å². The average molecular weight is 288 g/mol. The van der Waals surface area contributed by atoms with Crippen LogP contribution in [0.3, 0.4) is 0 Å². The van der Waals surface area contributed by atoms with Crippen LogP contribution in [0.4, 0.5) is 4.39 Å². The fraction of sp³-hybridized carbons (Fsp3) is 0.538. The molecule has 0 heterocycles. The first-order valence-electron chi connectivity index (χ1n) is 5.70. The summed E-state index contributed by atoms with van der Waals surface area (Å²) in [6.45, 7) is 4.34. The molecule has 0 saturated heterocycles. The van der Waals surface area contributed by atoms with Gasteiger partial charge in [-0.3, -0.25) is 0 Å². The van der Waals surface area contributed by atoms with Crippen LogP contribution >= 0.6 is 15.9 Å². The van der Waals surface area contributed by atoms with Crippen LogP contribution in [0.25, 0.3) is 0 Å². The van der Waals surface area contributed by atoms with Crippen molar-refractivity contribution in [2.24, 2.45) is 5.92 Å². The van der Waals surface area contributed by atoms with Gasteiger partial charge < -0.3 is 5.32 Å². The molecule has 16 heavy (non-hydrogen) atoms. The minimum Gasteiger partial charge on any atom is -0.317 e. The Hall–Kier alpha value is -0.410. The monoisotopic (exact) mass is 287 g/mol. The summed E-state index contributed by atoms with van der Waals surface area (Å²) in [6, 6.07) is 5.68. The summed E-state index contributed by atoms with van der Waals surface area (Å²) in [5.41, 5.74) is 1.05. The molecule has 1 N–H and O–H groups in total. The summed E-state index contributed by atoms with van der Waals surface area (Å²) >= 11 is 3.31. The maximum absolute atomic E-state index is 13.4. The standard InChI is InChI=1S/C13H19BrFN/c1-4-10(9(2)16-3)8-11-6-5-7-12(15)13(11)14/h5-7,9-10,16H,4,8H2,1-3H3. The first-order valence-corrected chi connectivity index (χ1v) is 6.49. The van der Waals surface area contributed by atoms with E-state index in [4.69, 9.17) is 0 Å². The van der Waals surface area contributed by atoms with Crippen molar-refractivity contribution in [3.8, 4) is 0 Å². The topological polar surface area (TPSA) is 12.0 Å². The zero-order valence-corrected chi connectivity index (χ0v) is 11.6. The van der Waals surface area contributed by atoms with Crippen molar-refractivity contribution in [2.45, 2.75) is 32.7 Å². The van der Waals surface area contributed by atoms with Crippen LogP contribution in [-0.2, 0) is 6.42 Å². The molecule has 0 amide bonds. The number of hydrogen-bond acceptors (Lipinski definition) is 1. The Morgan fingerprint density at radius 1 is 1.44 bits per heavy atom. The smallest absolute Gasteiger partial charge is 0.137 e. The van der Waals surface area contributed by atoms with Gasteiger partial charge in [-0.15, -0.1) is 0 Å². The van der Waals surface area contributed by atoms with E-state index in [-0.39, 0.29) is 5.82 Å². The summed E-state index contributed by atoms with van der Waals surface area (Å²) in [5.74, 6) is 0.354. The van der Waals surface area contributed by atoms with Crippen molar-refractivity contribution in [1.29, 1.82) is 0 Å². The molecule has 0 aromatic heterocycles. The highest BCUT2D eigenvalue weighted by atomic mass is 79.9. The lowest BCUT2D eigenvalue weighted by atomic mass is 9.91. The fourth-order valence-electron chi connectivity index (χ4n) is 1.90. The molecule has 1 aromatic rings. The van der Waals surface area contributed by atoms with Crippen LogP contribution in [0.5, 0.6) is 0 Å². The molecule has 2 atom stereocenters. The molecule has 0 aliphatic rings. The van der Waals surface area contributed by atoms with Gasteiger partial charge in [0.15, 0.2) is 0 Å². The zero-order valence-electron chi connectivity index (χ0n) is 10.1. The Bertz CT molecular complexity index is 341. The fourth-order valence-corrected chi connectivity index (χ4v) is 2.33. The molecule has 0 bridgehead atoms. The van der Waals surface area contributed by atoms with E-state index in [0.29, 0.717) is 16.4 Å². The van der Waals surface area contributed by atoms with E-state index < -0.39 is 0 Å². The third kappa shape index (κ3) is 3.29. The summed E-state index contributed by atoms with van der Waals surface area (Å²) in [6.07, 6.45) is 1.99. The summed E-state index contributed by atoms with van der Waals surface area (Å²) < 4.78 is 14.0. The number of hydrogen-bond donors (Lipinski definition) is 1. The lowest BCUT2D eigenvalue weighted by Crippen LogP contribution is -2.31. The van der Waals surface area contributed by atoms with E-state index in [1.807, 2.05) is 13.1 Å². The normalized spacial score (nSPS) is 14.8. The predicted octanol–water partition coefficient (Wildman–Crippen LogP) is 3.76. The quantitative estimate of drug-likeness (QED) is 0.869. The van der Waals surface area contributed by atoms with E-state index in [1.165, 1.54) is 6.07 Å². The number of rotatable bonds is 5. The van der Waals surface area contributed by atoms with Crippen LogP contribution in [0.1, 0.15) is 25.8 Å². The van der Waals surface area contributed by atoms with Gasteiger partial charge in [0, 0.05) is 6.04 Å². The van der Waals surface area contributed by atoms with Gasteiger partial charge in [0.2, 0.25) is 0 Å². The van der Waals surface area contributed by atoms with E-state index >= 15 is 0 Å². The lowest BCUT2D eigenvalue weighted by molar-refractivity contribution is 0.380. The minimum absolute atomic E-state index is 0.176. The molecule has 90 valence electrons. The Morgan fingerprint density at radius 3 is 2.69 bits per heavy atom. The van der Waals surface area contributed by atoms with Gasteiger partial charge >= 0.3 is 0 Å². The molecule has 0 spiro atoms. The first kappa shape index (κ1) is 13.7. The second-order valence-electron chi connectivity index (χ2n) is 4.16. The summed E-state index contributed by atoms with van der Waals surface area (Å²) in [7, 11) is 1.97. The van der Waals surface area contributed by atoms with Crippen LogP contribution < -0.4 is 5.32 Å². The lowest BCUT2D eigenvalue weighted by Gasteiger charge is -2.22. The highest BCUT2D eigenvalue weighted by molar-refractivity contribution is 9.10. The first-order chi connectivity index (χ1) is 7.60. The molecule has 0 aliphatic carbocycles. The maximum atomic E-state index is 13.4. The van der Waals surface area contributed by atoms with Crippen LogP contribution in [0.2, 0.25) is 0 Å². The third-order valence-electron chi connectivity index (χ3n) is 3.20. The molecule has 2 unspecified atom stereocenters. The van der Waals surface area contributed by atoms with Crippen molar-refractivity contribution in [3.63, 3.8) is 0 Å². The average Bonchev–Trinajstić information content (AvgIpc) is 2.30. The van der Waals surface area contributed by atoms with Crippen molar-refractivity contribution < 1.29 is 4.39 Å². The molecule has 0 aliphatic heterocycles. The number of nitrogens with one attached hydrogen (secondary N) is 1. The second-order valence-corrected chi connectivity index (χ2v) is 4.96. The summed E-state index contributed by atoms with van der Waals surface area (Å²) in [5, 5.41) is 3.26. The molecule has 1 nitrogen and oxygen atoms in total. The molecule has 0 fully saturated rings. The van der Waals surface area contributed by atoms with Crippen molar-refractivity contribution in [3.05, 3.63) is 34.1 Å². The molecular formula is C13H19BrFN. The van der Waals surface area contributed by atoms with Gasteiger partial charge in [-0.25, -0.2) is 4.39 Å².